The molecule has 6 nitrogen and oxygen atoms in total. The van der Waals surface area contributed by atoms with Crippen LogP contribution in [0.3, 0.4) is 0 Å². The largest absolute Gasteiger partial charge is 0.462 e. The van der Waals surface area contributed by atoms with Gasteiger partial charge >= 0.3 is 17.9 Å². The minimum atomic E-state index is -0.781. The molecule has 0 rings (SSSR count). The average Bonchev–Trinajstić information content (AvgIpc) is 3.47. The number of hydrogen-bond acceptors (Lipinski definition) is 6. The predicted molar refractivity (Wildman–Crippen MR) is 353 cm³/mol. The molecule has 0 aliphatic heterocycles. The van der Waals surface area contributed by atoms with Crippen LogP contribution in [0.25, 0.3) is 0 Å². The Hall–Kier alpha value is -2.89. The number of hydrogen-bond donors (Lipinski definition) is 0. The Labute approximate surface area is 504 Å². The first-order valence-corrected chi connectivity index (χ1v) is 35.8. The lowest BCUT2D eigenvalue weighted by Gasteiger charge is -2.18. The molecule has 0 amide bonds. The van der Waals surface area contributed by atoms with Crippen molar-refractivity contribution in [1.82, 2.24) is 0 Å². The minimum absolute atomic E-state index is 0.0758. The van der Waals surface area contributed by atoms with Gasteiger partial charge in [0, 0.05) is 19.3 Å². The second kappa shape index (κ2) is 69.6. The first kappa shape index (κ1) is 78.1. The molecule has 6 heteroatoms. The minimum Gasteiger partial charge on any atom is -0.462 e. The van der Waals surface area contributed by atoms with Crippen LogP contribution < -0.4 is 0 Å². The van der Waals surface area contributed by atoms with Gasteiger partial charge in [-0.3, -0.25) is 14.4 Å². The Morgan fingerprint density at radius 3 is 0.716 bits per heavy atom. The van der Waals surface area contributed by atoms with Gasteiger partial charge in [-0.15, -0.1) is 0 Å². The Kier molecular flexibility index (Phi) is 67.1. The van der Waals surface area contributed by atoms with Crippen molar-refractivity contribution in [3.05, 3.63) is 60.8 Å². The van der Waals surface area contributed by atoms with Gasteiger partial charge in [0.05, 0.1) is 0 Å². The smallest absolute Gasteiger partial charge is 0.306 e. The first-order chi connectivity index (χ1) is 40.0. The predicted octanol–water partition coefficient (Wildman–Crippen LogP) is 24.7. The third-order valence-electron chi connectivity index (χ3n) is 16.0. The summed E-state index contributed by atoms with van der Waals surface area (Å²) in [6, 6.07) is 0. The van der Waals surface area contributed by atoms with E-state index in [-0.39, 0.29) is 31.1 Å². The second-order valence-electron chi connectivity index (χ2n) is 24.1. The number of carbonyl (C=O) groups is 3. The molecule has 0 aliphatic carbocycles. The number of allylic oxidation sites excluding steroid dienone is 10. The average molecular weight is 1130 g/mol. The van der Waals surface area contributed by atoms with Gasteiger partial charge in [-0.2, -0.15) is 0 Å². The Morgan fingerprint density at radius 2 is 0.444 bits per heavy atom. The Bertz CT molecular complexity index is 1440. The molecule has 1 unspecified atom stereocenters. The topological polar surface area (TPSA) is 78.9 Å². The Morgan fingerprint density at radius 1 is 0.247 bits per heavy atom. The number of ether oxygens (including phenoxy) is 3. The standard InChI is InChI=1S/C75H136O6/c1-4-7-10-13-16-19-22-25-28-31-34-36-37-39-41-44-47-50-53-56-59-62-65-68-74(77)80-71-72(70-79-73(76)67-64-61-58-55-52-49-46-43-40-33-30-27-24-21-18-15-12-9-6-3)81-75(78)69-66-63-60-57-54-51-48-45-42-38-35-32-29-26-23-20-17-14-11-8-5-2/h18,21-22,25,27,30-31,34,40,43,72H,4-17,19-20,23-24,26,28-29,32-33,35-39,41-42,44-71H2,1-3H3/b21-18-,25-22-,30-27-,34-31-,43-40-. The van der Waals surface area contributed by atoms with E-state index in [2.05, 4.69) is 81.5 Å². The third kappa shape index (κ3) is 67.8. The van der Waals surface area contributed by atoms with E-state index in [9.17, 15) is 14.4 Å². The zero-order valence-electron chi connectivity index (χ0n) is 54.3. The molecule has 0 saturated heterocycles. The molecule has 0 N–H and O–H groups in total. The van der Waals surface area contributed by atoms with E-state index < -0.39 is 6.10 Å². The molecular formula is C75H136O6. The van der Waals surface area contributed by atoms with Crippen LogP contribution in [0.5, 0.6) is 0 Å². The maximum Gasteiger partial charge on any atom is 0.306 e. The molecule has 0 heterocycles. The lowest BCUT2D eigenvalue weighted by atomic mass is 10.0. The molecule has 0 radical (unpaired) electrons. The fraction of sp³-hybridized carbons (Fsp3) is 0.827. The van der Waals surface area contributed by atoms with Gasteiger partial charge in [0.1, 0.15) is 13.2 Å². The molecule has 0 fully saturated rings. The van der Waals surface area contributed by atoms with Gasteiger partial charge < -0.3 is 14.2 Å². The molecule has 1 atom stereocenters. The fourth-order valence-electron chi connectivity index (χ4n) is 10.6. The monoisotopic (exact) mass is 1130 g/mol. The molecule has 0 saturated carbocycles. The van der Waals surface area contributed by atoms with Crippen LogP contribution in [-0.2, 0) is 28.6 Å². The first-order valence-electron chi connectivity index (χ1n) is 35.8. The zero-order valence-corrected chi connectivity index (χ0v) is 54.3. The van der Waals surface area contributed by atoms with Gasteiger partial charge in [0.25, 0.3) is 0 Å². The second-order valence-corrected chi connectivity index (χ2v) is 24.1. The van der Waals surface area contributed by atoms with Crippen LogP contribution in [-0.4, -0.2) is 37.2 Å². The maximum atomic E-state index is 13.0. The summed E-state index contributed by atoms with van der Waals surface area (Å²) in [5, 5.41) is 0. The molecule has 81 heavy (non-hydrogen) atoms. The van der Waals surface area contributed by atoms with Crippen molar-refractivity contribution in [2.75, 3.05) is 13.2 Å². The molecular weight excluding hydrogens is 997 g/mol. The van der Waals surface area contributed by atoms with Gasteiger partial charge in [-0.1, -0.05) is 332 Å². The van der Waals surface area contributed by atoms with E-state index in [4.69, 9.17) is 14.2 Å². The highest BCUT2D eigenvalue weighted by atomic mass is 16.6. The number of rotatable bonds is 66. The quantitative estimate of drug-likeness (QED) is 0.0261. The number of esters is 3. The van der Waals surface area contributed by atoms with Crippen LogP contribution in [0.2, 0.25) is 0 Å². The summed E-state index contributed by atoms with van der Waals surface area (Å²) in [5.41, 5.74) is 0. The molecule has 0 aliphatic rings. The molecule has 472 valence electrons. The normalized spacial score (nSPS) is 12.4. The summed E-state index contributed by atoms with van der Waals surface area (Å²) in [4.78, 5) is 38.5. The van der Waals surface area contributed by atoms with Crippen molar-refractivity contribution in [1.29, 1.82) is 0 Å². The molecule has 0 aromatic heterocycles. The zero-order chi connectivity index (χ0) is 58.5. The van der Waals surface area contributed by atoms with E-state index in [1.807, 2.05) is 0 Å². The van der Waals surface area contributed by atoms with Crippen molar-refractivity contribution in [2.45, 2.75) is 386 Å². The third-order valence-corrected chi connectivity index (χ3v) is 16.0. The molecule has 0 aromatic carbocycles. The van der Waals surface area contributed by atoms with E-state index in [1.54, 1.807) is 0 Å². The van der Waals surface area contributed by atoms with Gasteiger partial charge in [-0.05, 0) is 89.9 Å². The van der Waals surface area contributed by atoms with Crippen LogP contribution in [0.4, 0.5) is 0 Å². The summed E-state index contributed by atoms with van der Waals surface area (Å²) >= 11 is 0. The highest BCUT2D eigenvalue weighted by molar-refractivity contribution is 5.71. The Balaban J connectivity index is 4.35. The van der Waals surface area contributed by atoms with Gasteiger partial charge in [0.15, 0.2) is 6.10 Å². The summed E-state index contributed by atoms with van der Waals surface area (Å²) in [6.45, 7) is 6.66. The fourth-order valence-corrected chi connectivity index (χ4v) is 10.6. The van der Waals surface area contributed by atoms with Crippen molar-refractivity contribution in [2.24, 2.45) is 0 Å². The number of carbonyl (C=O) groups excluding carboxylic acids is 3. The van der Waals surface area contributed by atoms with Crippen LogP contribution in [0.15, 0.2) is 60.8 Å². The molecule has 0 aromatic rings. The SMILES string of the molecule is CCCCC/C=C\C/C=C\C/C=C\CCCCCCCCC(=O)OCC(COC(=O)CCCCCCCCCCCCC/C=C\C/C=C\CCCCCCC)OC(=O)CCCCCCCCCCCCCCCCCCCCCCC. The highest BCUT2D eigenvalue weighted by Gasteiger charge is 2.19. The lowest BCUT2D eigenvalue weighted by Crippen LogP contribution is -2.30. The highest BCUT2D eigenvalue weighted by Crippen LogP contribution is 2.18. The summed E-state index contributed by atoms with van der Waals surface area (Å²) in [6.07, 6.45) is 89.5. The van der Waals surface area contributed by atoms with Crippen molar-refractivity contribution in [3.63, 3.8) is 0 Å². The van der Waals surface area contributed by atoms with E-state index in [1.165, 1.54) is 257 Å². The summed E-state index contributed by atoms with van der Waals surface area (Å²) < 4.78 is 17.0. The van der Waals surface area contributed by atoms with Crippen LogP contribution in [0.1, 0.15) is 380 Å². The number of unbranched alkanes of at least 4 members (excludes halogenated alkanes) is 45. The van der Waals surface area contributed by atoms with Crippen LogP contribution in [0, 0.1) is 0 Å². The van der Waals surface area contributed by atoms with E-state index in [0.29, 0.717) is 19.3 Å². The van der Waals surface area contributed by atoms with Crippen molar-refractivity contribution in [3.8, 4) is 0 Å². The van der Waals surface area contributed by atoms with Crippen molar-refractivity contribution < 1.29 is 28.6 Å². The van der Waals surface area contributed by atoms with E-state index >= 15 is 0 Å². The van der Waals surface area contributed by atoms with Gasteiger partial charge in [-0.25, -0.2) is 0 Å². The summed E-state index contributed by atoms with van der Waals surface area (Å²) in [5.74, 6) is -0.864. The van der Waals surface area contributed by atoms with Crippen molar-refractivity contribution >= 4 is 17.9 Å². The van der Waals surface area contributed by atoms with Crippen LogP contribution >= 0.6 is 0 Å². The lowest BCUT2D eigenvalue weighted by molar-refractivity contribution is -0.167. The summed E-state index contributed by atoms with van der Waals surface area (Å²) in [7, 11) is 0. The van der Waals surface area contributed by atoms with Gasteiger partial charge in [0.2, 0.25) is 0 Å². The molecule has 0 spiro atoms. The molecule has 0 bridgehead atoms. The van der Waals surface area contributed by atoms with E-state index in [0.717, 1.165) is 83.5 Å². The maximum absolute atomic E-state index is 13.0.